The van der Waals surface area contributed by atoms with E-state index in [1.165, 1.54) is 30.3 Å². The number of carbonyl (C=O) groups is 1. The maximum atomic E-state index is 13.2. The van der Waals surface area contributed by atoms with Crippen molar-refractivity contribution in [2.45, 2.75) is 12.5 Å². The van der Waals surface area contributed by atoms with E-state index in [1.807, 2.05) is 0 Å². The van der Waals surface area contributed by atoms with Gasteiger partial charge < -0.3 is 4.74 Å². The van der Waals surface area contributed by atoms with Crippen LogP contribution >= 0.6 is 0 Å². The Morgan fingerprint density at radius 2 is 1.68 bits per heavy atom. The minimum atomic E-state index is -0.498. The molecule has 0 aromatic heterocycles. The van der Waals surface area contributed by atoms with E-state index in [-0.39, 0.29) is 23.8 Å². The lowest BCUT2D eigenvalue weighted by atomic mass is 9.96. The summed E-state index contributed by atoms with van der Waals surface area (Å²) in [5.41, 5.74) is 1.09. The first-order valence-corrected chi connectivity index (χ1v) is 5.88. The van der Waals surface area contributed by atoms with Crippen LogP contribution in [0.5, 0.6) is 5.75 Å². The largest absolute Gasteiger partial charge is 0.484 e. The summed E-state index contributed by atoms with van der Waals surface area (Å²) in [7, 11) is 0. The fourth-order valence-electron chi connectivity index (χ4n) is 2.16. The molecule has 0 saturated carbocycles. The lowest BCUT2D eigenvalue weighted by Gasteiger charge is -2.25. The van der Waals surface area contributed by atoms with Gasteiger partial charge in [-0.1, -0.05) is 12.1 Å². The highest BCUT2D eigenvalue weighted by atomic mass is 19.1. The molecule has 1 aliphatic heterocycles. The van der Waals surface area contributed by atoms with E-state index in [2.05, 4.69) is 0 Å². The van der Waals surface area contributed by atoms with E-state index in [4.69, 9.17) is 4.74 Å². The van der Waals surface area contributed by atoms with Crippen molar-refractivity contribution in [1.82, 2.24) is 0 Å². The van der Waals surface area contributed by atoms with Gasteiger partial charge >= 0.3 is 0 Å². The highest BCUT2D eigenvalue weighted by Crippen LogP contribution is 2.35. The van der Waals surface area contributed by atoms with Crippen LogP contribution in [0.25, 0.3) is 0 Å². The van der Waals surface area contributed by atoms with E-state index < -0.39 is 11.9 Å². The van der Waals surface area contributed by atoms with Gasteiger partial charge in [-0.15, -0.1) is 0 Å². The van der Waals surface area contributed by atoms with Crippen molar-refractivity contribution in [3.8, 4) is 5.75 Å². The normalized spacial score (nSPS) is 17.8. The molecule has 0 amide bonds. The number of Topliss-reactive ketones (excluding diaryl/α,β-unsaturated/α-hetero) is 1. The van der Waals surface area contributed by atoms with Gasteiger partial charge in [0.15, 0.2) is 5.78 Å². The van der Waals surface area contributed by atoms with Gasteiger partial charge in [-0.25, -0.2) is 8.78 Å². The average Bonchev–Trinajstić information content (AvgIpc) is 2.38. The summed E-state index contributed by atoms with van der Waals surface area (Å²) >= 11 is 0. The van der Waals surface area contributed by atoms with Crippen LogP contribution in [0.1, 0.15) is 28.4 Å². The molecule has 0 fully saturated rings. The van der Waals surface area contributed by atoms with Gasteiger partial charge in [-0.05, 0) is 29.8 Å². The highest BCUT2D eigenvalue weighted by molar-refractivity contribution is 5.99. The molecule has 1 atom stereocenters. The Hall–Kier alpha value is -2.23. The van der Waals surface area contributed by atoms with Crippen LogP contribution in [0.4, 0.5) is 8.78 Å². The van der Waals surface area contributed by atoms with Crippen LogP contribution in [0.2, 0.25) is 0 Å². The van der Waals surface area contributed by atoms with Crippen molar-refractivity contribution in [2.75, 3.05) is 0 Å². The third kappa shape index (κ3) is 2.21. The molecule has 1 heterocycles. The van der Waals surface area contributed by atoms with Crippen molar-refractivity contribution in [3.63, 3.8) is 0 Å². The summed E-state index contributed by atoms with van der Waals surface area (Å²) in [5, 5.41) is 0. The number of fused-ring (bicyclic) bond motifs is 1. The Bertz CT molecular complexity index is 635. The van der Waals surface area contributed by atoms with Crippen LogP contribution in [-0.2, 0) is 0 Å². The van der Waals surface area contributed by atoms with Gasteiger partial charge in [0.1, 0.15) is 23.5 Å². The predicted octanol–water partition coefficient (Wildman–Crippen LogP) is 3.67. The smallest absolute Gasteiger partial charge is 0.170 e. The fourth-order valence-corrected chi connectivity index (χ4v) is 2.16. The zero-order valence-electron chi connectivity index (χ0n) is 9.90. The molecule has 2 nitrogen and oxygen atoms in total. The van der Waals surface area contributed by atoms with Crippen LogP contribution in [0, 0.1) is 11.6 Å². The predicted molar refractivity (Wildman–Crippen MR) is 65.1 cm³/mol. The number of hydrogen-bond acceptors (Lipinski definition) is 2. The molecule has 0 unspecified atom stereocenters. The number of benzene rings is 2. The fraction of sp³-hybridized carbons (Fsp3) is 0.133. The molecular weight excluding hydrogens is 250 g/mol. The number of ether oxygens (including phenoxy) is 1. The molecule has 2 aromatic rings. The van der Waals surface area contributed by atoms with Gasteiger partial charge in [-0.2, -0.15) is 0 Å². The average molecular weight is 260 g/mol. The van der Waals surface area contributed by atoms with E-state index in [0.717, 1.165) is 0 Å². The van der Waals surface area contributed by atoms with Crippen LogP contribution in [-0.4, -0.2) is 5.78 Å². The molecule has 3 rings (SSSR count). The summed E-state index contributed by atoms with van der Waals surface area (Å²) in [6.07, 6.45) is -0.327. The van der Waals surface area contributed by atoms with Crippen LogP contribution in [0.3, 0.4) is 0 Å². The Morgan fingerprint density at radius 3 is 2.42 bits per heavy atom. The van der Waals surface area contributed by atoms with E-state index in [1.54, 1.807) is 12.1 Å². The van der Waals surface area contributed by atoms with E-state index in [9.17, 15) is 13.6 Å². The first-order chi connectivity index (χ1) is 9.13. The lowest BCUT2D eigenvalue weighted by Crippen LogP contribution is -2.20. The molecule has 0 spiro atoms. The second-order valence-corrected chi connectivity index (χ2v) is 4.43. The van der Waals surface area contributed by atoms with Crippen molar-refractivity contribution in [1.29, 1.82) is 0 Å². The van der Waals surface area contributed by atoms with Gasteiger partial charge in [0.25, 0.3) is 0 Å². The second kappa shape index (κ2) is 4.46. The molecule has 4 heteroatoms. The third-order valence-electron chi connectivity index (χ3n) is 3.13. The number of hydrogen-bond donors (Lipinski definition) is 0. The standard InChI is InChI=1S/C15H10F2O2/c16-10-3-1-9(2-4-10)14-8-13(18)12-6-5-11(17)7-15(12)19-14/h1-7,14H,8H2/t14-/m0/s1. The van der Waals surface area contributed by atoms with Gasteiger partial charge in [-0.3, -0.25) is 4.79 Å². The Morgan fingerprint density at radius 1 is 1.00 bits per heavy atom. The minimum Gasteiger partial charge on any atom is -0.484 e. The van der Waals surface area contributed by atoms with Crippen molar-refractivity contribution >= 4 is 5.78 Å². The molecule has 96 valence electrons. The molecule has 0 N–H and O–H groups in total. The SMILES string of the molecule is O=C1C[C@@H](c2ccc(F)cc2)Oc2cc(F)ccc21. The number of rotatable bonds is 1. The van der Waals surface area contributed by atoms with Crippen LogP contribution in [0.15, 0.2) is 42.5 Å². The quantitative estimate of drug-likeness (QED) is 0.782. The molecule has 0 aliphatic carbocycles. The molecule has 1 aliphatic rings. The number of halogens is 2. The zero-order chi connectivity index (χ0) is 13.4. The summed E-state index contributed by atoms with van der Waals surface area (Å²) in [5.74, 6) is -0.662. The molecule has 0 radical (unpaired) electrons. The van der Waals surface area contributed by atoms with E-state index >= 15 is 0 Å². The number of ketones is 1. The third-order valence-corrected chi connectivity index (χ3v) is 3.13. The Balaban J connectivity index is 1.96. The maximum Gasteiger partial charge on any atom is 0.170 e. The van der Waals surface area contributed by atoms with Crippen molar-refractivity contribution in [3.05, 3.63) is 65.2 Å². The maximum absolute atomic E-state index is 13.2. The molecule has 0 bridgehead atoms. The molecule has 2 aromatic carbocycles. The molecule has 19 heavy (non-hydrogen) atoms. The lowest BCUT2D eigenvalue weighted by molar-refractivity contribution is 0.0849. The minimum absolute atomic E-state index is 0.101. The van der Waals surface area contributed by atoms with Crippen LogP contribution < -0.4 is 4.74 Å². The second-order valence-electron chi connectivity index (χ2n) is 4.43. The summed E-state index contributed by atoms with van der Waals surface area (Å²) in [4.78, 5) is 12.0. The number of carbonyl (C=O) groups excluding carboxylic acids is 1. The first-order valence-electron chi connectivity index (χ1n) is 5.88. The van der Waals surface area contributed by atoms with Gasteiger partial charge in [0, 0.05) is 6.07 Å². The Kier molecular flexibility index (Phi) is 2.78. The molecule has 0 saturated heterocycles. The summed E-state index contributed by atoms with van der Waals surface area (Å²) in [6.45, 7) is 0. The monoisotopic (exact) mass is 260 g/mol. The highest BCUT2D eigenvalue weighted by Gasteiger charge is 2.27. The topological polar surface area (TPSA) is 26.3 Å². The van der Waals surface area contributed by atoms with Crippen molar-refractivity contribution < 1.29 is 18.3 Å². The Labute approximate surface area is 108 Å². The van der Waals surface area contributed by atoms with Gasteiger partial charge in [0.2, 0.25) is 0 Å². The van der Waals surface area contributed by atoms with Crippen molar-refractivity contribution in [2.24, 2.45) is 0 Å². The van der Waals surface area contributed by atoms with E-state index in [0.29, 0.717) is 11.1 Å². The first kappa shape index (κ1) is 11.8. The summed E-state index contributed by atoms with van der Waals surface area (Å²) < 4.78 is 31.7. The molecular formula is C15H10F2O2. The summed E-state index contributed by atoms with van der Waals surface area (Å²) in [6, 6.07) is 9.61. The van der Waals surface area contributed by atoms with Gasteiger partial charge in [0.05, 0.1) is 12.0 Å². The zero-order valence-corrected chi connectivity index (χ0v) is 9.90.